The molecule has 0 unspecified atom stereocenters. The van der Waals surface area contributed by atoms with Crippen molar-refractivity contribution in [2.75, 3.05) is 18.2 Å². The maximum atomic E-state index is 12.1. The highest BCUT2D eigenvalue weighted by Gasteiger charge is 2.10. The summed E-state index contributed by atoms with van der Waals surface area (Å²) in [6, 6.07) is 12.6. The first kappa shape index (κ1) is 17.7. The number of rotatable bonds is 5. The lowest BCUT2D eigenvalue weighted by molar-refractivity contribution is -0.113. The van der Waals surface area contributed by atoms with Crippen molar-refractivity contribution >= 4 is 56.9 Å². The molecule has 0 fully saturated rings. The number of carbonyl (C=O) groups is 1. The molecule has 0 aliphatic heterocycles. The van der Waals surface area contributed by atoms with Crippen LogP contribution >= 0.6 is 34.4 Å². The van der Waals surface area contributed by atoms with Crippen LogP contribution in [0.25, 0.3) is 10.9 Å². The molecular formula is C17H14IN3O3S. The molecule has 6 nitrogen and oxygen atoms in total. The zero-order valence-electron chi connectivity index (χ0n) is 13.2. The number of aromatic nitrogens is 2. The molecule has 0 saturated heterocycles. The Labute approximate surface area is 161 Å². The number of nitrogens with one attached hydrogen (secondary N) is 2. The summed E-state index contributed by atoms with van der Waals surface area (Å²) in [5.41, 5.74) is 0.998. The first-order chi connectivity index (χ1) is 12.1. The standard InChI is InChI=1S/C17H14IN3O3S/c1-24-14-5-3-2-4-13(14)19-15(22)9-25-17-20-12-7-6-10(18)8-11(12)16(23)21-17/h2-8H,9H2,1H3,(H,19,22)(H,20,21,23). The monoisotopic (exact) mass is 467 g/mol. The molecule has 3 rings (SSSR count). The summed E-state index contributed by atoms with van der Waals surface area (Å²) in [7, 11) is 1.55. The van der Waals surface area contributed by atoms with Crippen LogP contribution in [0, 0.1) is 3.57 Å². The van der Waals surface area contributed by atoms with Crippen molar-refractivity contribution in [3.05, 3.63) is 56.4 Å². The van der Waals surface area contributed by atoms with E-state index in [0.717, 1.165) is 3.57 Å². The topological polar surface area (TPSA) is 84.1 Å². The average Bonchev–Trinajstić information content (AvgIpc) is 2.61. The van der Waals surface area contributed by atoms with Gasteiger partial charge in [0.05, 0.1) is 29.5 Å². The lowest BCUT2D eigenvalue weighted by atomic mass is 10.2. The number of hydrogen-bond donors (Lipinski definition) is 2. The normalized spacial score (nSPS) is 10.6. The molecule has 0 radical (unpaired) electrons. The largest absolute Gasteiger partial charge is 0.495 e. The van der Waals surface area contributed by atoms with Gasteiger partial charge in [0, 0.05) is 3.57 Å². The van der Waals surface area contributed by atoms with Gasteiger partial charge in [0.2, 0.25) is 5.91 Å². The Hall–Kier alpha value is -2.07. The first-order valence-electron chi connectivity index (χ1n) is 7.32. The predicted octanol–water partition coefficient (Wildman–Crippen LogP) is 3.27. The van der Waals surface area contributed by atoms with Crippen LogP contribution in [0.3, 0.4) is 0 Å². The number of H-pyrrole nitrogens is 1. The molecule has 0 atom stereocenters. The SMILES string of the molecule is COc1ccccc1NC(=O)CSc1nc2ccc(I)cc2c(=O)[nH]1. The molecule has 0 spiro atoms. The van der Waals surface area contributed by atoms with Crippen molar-refractivity contribution in [2.45, 2.75) is 5.16 Å². The number of fused-ring (bicyclic) bond motifs is 1. The number of thioether (sulfide) groups is 1. The number of nitrogens with zero attached hydrogens (tertiary/aromatic N) is 1. The highest BCUT2D eigenvalue weighted by molar-refractivity contribution is 14.1. The number of methoxy groups -OCH3 is 1. The van der Waals surface area contributed by atoms with E-state index in [2.05, 4.69) is 37.9 Å². The minimum Gasteiger partial charge on any atom is -0.495 e. The van der Waals surface area contributed by atoms with Crippen LogP contribution in [-0.2, 0) is 4.79 Å². The third-order valence-corrected chi connectivity index (χ3v) is 4.91. The van der Waals surface area contributed by atoms with Gasteiger partial charge in [0.1, 0.15) is 5.75 Å². The van der Waals surface area contributed by atoms with Crippen LogP contribution in [0.4, 0.5) is 5.69 Å². The van der Waals surface area contributed by atoms with Gasteiger partial charge in [-0.15, -0.1) is 0 Å². The summed E-state index contributed by atoms with van der Waals surface area (Å²) < 4.78 is 6.17. The number of aromatic amines is 1. The molecule has 1 amide bonds. The third-order valence-electron chi connectivity index (χ3n) is 3.37. The summed E-state index contributed by atoms with van der Waals surface area (Å²) in [5.74, 6) is 0.504. The summed E-state index contributed by atoms with van der Waals surface area (Å²) in [6.45, 7) is 0. The predicted molar refractivity (Wildman–Crippen MR) is 107 cm³/mol. The molecule has 3 aromatic rings. The van der Waals surface area contributed by atoms with E-state index in [4.69, 9.17) is 4.74 Å². The third kappa shape index (κ3) is 4.31. The minimum atomic E-state index is -0.212. The fourth-order valence-electron chi connectivity index (χ4n) is 2.23. The zero-order valence-corrected chi connectivity index (χ0v) is 16.2. The lowest BCUT2D eigenvalue weighted by Gasteiger charge is -2.09. The molecule has 128 valence electrons. The maximum Gasteiger partial charge on any atom is 0.259 e. The van der Waals surface area contributed by atoms with Crippen molar-refractivity contribution in [3.8, 4) is 5.75 Å². The Morgan fingerprint density at radius 2 is 2.12 bits per heavy atom. The van der Waals surface area contributed by atoms with E-state index in [1.807, 2.05) is 18.2 Å². The highest BCUT2D eigenvalue weighted by Crippen LogP contribution is 2.23. The van der Waals surface area contributed by atoms with E-state index >= 15 is 0 Å². The minimum absolute atomic E-state index is 0.122. The van der Waals surface area contributed by atoms with Crippen LogP contribution < -0.4 is 15.6 Å². The van der Waals surface area contributed by atoms with Gasteiger partial charge >= 0.3 is 0 Å². The second kappa shape index (κ2) is 7.87. The summed E-state index contributed by atoms with van der Waals surface area (Å²) in [6.07, 6.45) is 0. The first-order valence-corrected chi connectivity index (χ1v) is 9.38. The van der Waals surface area contributed by atoms with E-state index in [-0.39, 0.29) is 17.2 Å². The average molecular weight is 467 g/mol. The number of anilines is 1. The molecule has 2 N–H and O–H groups in total. The second-order valence-corrected chi connectivity index (χ2v) is 7.28. The van der Waals surface area contributed by atoms with Crippen LogP contribution in [-0.4, -0.2) is 28.7 Å². The smallest absolute Gasteiger partial charge is 0.259 e. The van der Waals surface area contributed by atoms with Gasteiger partial charge in [-0.3, -0.25) is 9.59 Å². The van der Waals surface area contributed by atoms with Crippen LogP contribution in [0.15, 0.2) is 52.4 Å². The van der Waals surface area contributed by atoms with Crippen LogP contribution in [0.5, 0.6) is 5.75 Å². The highest BCUT2D eigenvalue weighted by atomic mass is 127. The fourth-order valence-corrected chi connectivity index (χ4v) is 3.38. The van der Waals surface area contributed by atoms with Crippen molar-refractivity contribution in [1.29, 1.82) is 0 Å². The summed E-state index contributed by atoms with van der Waals surface area (Å²) in [4.78, 5) is 31.4. The summed E-state index contributed by atoms with van der Waals surface area (Å²) in [5, 5.41) is 3.73. The Balaban J connectivity index is 1.71. The van der Waals surface area contributed by atoms with Crippen molar-refractivity contribution in [2.24, 2.45) is 0 Å². The molecule has 8 heteroatoms. The second-order valence-electron chi connectivity index (χ2n) is 5.07. The van der Waals surface area contributed by atoms with Gasteiger partial charge in [-0.05, 0) is 52.9 Å². The molecule has 1 aromatic heterocycles. The van der Waals surface area contributed by atoms with E-state index in [1.54, 1.807) is 31.4 Å². The number of carbonyl (C=O) groups excluding carboxylic acids is 1. The molecule has 0 aliphatic rings. The van der Waals surface area contributed by atoms with Gasteiger partial charge in [-0.2, -0.15) is 0 Å². The number of halogens is 1. The molecule has 25 heavy (non-hydrogen) atoms. The Morgan fingerprint density at radius 1 is 1.32 bits per heavy atom. The van der Waals surface area contributed by atoms with Gasteiger partial charge in [0.15, 0.2) is 5.16 Å². The summed E-state index contributed by atoms with van der Waals surface area (Å²) >= 11 is 3.32. The number of ether oxygens (including phenoxy) is 1. The van der Waals surface area contributed by atoms with E-state index < -0.39 is 0 Å². The van der Waals surface area contributed by atoms with Gasteiger partial charge in [0.25, 0.3) is 5.56 Å². The van der Waals surface area contributed by atoms with Crippen LogP contribution in [0.1, 0.15) is 0 Å². The molecule has 0 bridgehead atoms. The zero-order chi connectivity index (χ0) is 17.8. The number of benzene rings is 2. The van der Waals surface area contributed by atoms with Crippen LogP contribution in [0.2, 0.25) is 0 Å². The van der Waals surface area contributed by atoms with E-state index in [0.29, 0.717) is 27.5 Å². The lowest BCUT2D eigenvalue weighted by Crippen LogP contribution is -2.16. The van der Waals surface area contributed by atoms with E-state index in [1.165, 1.54) is 11.8 Å². The van der Waals surface area contributed by atoms with Crippen molar-refractivity contribution < 1.29 is 9.53 Å². The van der Waals surface area contributed by atoms with Gasteiger partial charge in [-0.1, -0.05) is 23.9 Å². The Kier molecular flexibility index (Phi) is 5.59. The Morgan fingerprint density at radius 3 is 2.92 bits per heavy atom. The number of para-hydroxylation sites is 2. The van der Waals surface area contributed by atoms with Crippen molar-refractivity contribution in [1.82, 2.24) is 9.97 Å². The maximum absolute atomic E-state index is 12.1. The molecular weight excluding hydrogens is 453 g/mol. The molecule has 0 aliphatic carbocycles. The Bertz CT molecular complexity index is 990. The quantitative estimate of drug-likeness (QED) is 0.342. The molecule has 0 saturated carbocycles. The fraction of sp³-hybridized carbons (Fsp3) is 0.118. The number of amides is 1. The molecule has 1 heterocycles. The van der Waals surface area contributed by atoms with Gasteiger partial charge < -0.3 is 15.0 Å². The van der Waals surface area contributed by atoms with E-state index in [9.17, 15) is 9.59 Å². The van der Waals surface area contributed by atoms with Gasteiger partial charge in [-0.25, -0.2) is 4.98 Å². The number of hydrogen-bond acceptors (Lipinski definition) is 5. The van der Waals surface area contributed by atoms with Crippen molar-refractivity contribution in [3.63, 3.8) is 0 Å². The molecule has 2 aromatic carbocycles.